The number of anilines is 2. The highest BCUT2D eigenvalue weighted by atomic mass is 32.1. The van der Waals surface area contributed by atoms with Gasteiger partial charge in [-0.1, -0.05) is 30.3 Å². The van der Waals surface area contributed by atoms with Gasteiger partial charge in [-0.05, 0) is 56.8 Å². The third-order valence-corrected chi connectivity index (χ3v) is 4.76. The molecule has 0 saturated carbocycles. The van der Waals surface area contributed by atoms with Gasteiger partial charge in [0, 0.05) is 31.4 Å². The Bertz CT molecular complexity index is 713. The van der Waals surface area contributed by atoms with Gasteiger partial charge < -0.3 is 15.5 Å². The van der Waals surface area contributed by atoms with Gasteiger partial charge in [0.25, 0.3) is 0 Å². The number of aryl methyl sites for hydroxylation is 2. The summed E-state index contributed by atoms with van der Waals surface area (Å²) < 4.78 is 0. The Morgan fingerprint density at radius 2 is 1.88 bits per heavy atom. The number of rotatable bonds is 6. The van der Waals surface area contributed by atoms with Crippen molar-refractivity contribution in [3.05, 3.63) is 47.7 Å². The minimum Gasteiger partial charge on any atom is -0.362 e. The largest absolute Gasteiger partial charge is 0.362 e. The molecule has 3 rings (SSSR count). The average Bonchev–Trinajstić information content (AvgIpc) is 2.66. The van der Waals surface area contributed by atoms with Crippen molar-refractivity contribution in [3.63, 3.8) is 0 Å². The zero-order valence-corrected chi connectivity index (χ0v) is 16.2. The van der Waals surface area contributed by atoms with Crippen LogP contribution in [0.3, 0.4) is 0 Å². The standard InChI is InChI=1S/C20H27N5S/c1-16-15-18(25-13-6-3-7-14-25)23-19(22-16)24-20(26)21-12-8-11-17-9-4-2-5-10-17/h2,4-5,9-10,15H,3,6-8,11-14H2,1H3,(H2,21,22,23,24,26). The first-order valence-electron chi connectivity index (χ1n) is 9.40. The Morgan fingerprint density at radius 3 is 2.65 bits per heavy atom. The number of nitrogens with zero attached hydrogens (tertiary/aromatic N) is 3. The topological polar surface area (TPSA) is 53.1 Å². The molecule has 26 heavy (non-hydrogen) atoms. The van der Waals surface area contributed by atoms with E-state index in [0.717, 1.165) is 44.0 Å². The average molecular weight is 370 g/mol. The summed E-state index contributed by atoms with van der Waals surface area (Å²) in [5.74, 6) is 1.57. The molecule has 0 atom stereocenters. The lowest BCUT2D eigenvalue weighted by molar-refractivity contribution is 0.573. The molecule has 1 aliphatic rings. The highest BCUT2D eigenvalue weighted by Crippen LogP contribution is 2.19. The van der Waals surface area contributed by atoms with Crippen LogP contribution in [0, 0.1) is 6.92 Å². The van der Waals surface area contributed by atoms with Gasteiger partial charge in [0.15, 0.2) is 5.11 Å². The maximum Gasteiger partial charge on any atom is 0.231 e. The van der Waals surface area contributed by atoms with Crippen molar-refractivity contribution in [1.29, 1.82) is 0 Å². The summed E-state index contributed by atoms with van der Waals surface area (Å²) in [7, 11) is 0. The Balaban J connectivity index is 1.48. The Kier molecular flexibility index (Phi) is 6.77. The lowest BCUT2D eigenvalue weighted by atomic mass is 10.1. The molecular formula is C20H27N5S. The molecule has 0 bridgehead atoms. The summed E-state index contributed by atoms with van der Waals surface area (Å²) in [5, 5.41) is 6.96. The third kappa shape index (κ3) is 5.66. The van der Waals surface area contributed by atoms with E-state index in [9.17, 15) is 0 Å². The monoisotopic (exact) mass is 369 g/mol. The number of nitrogens with one attached hydrogen (secondary N) is 2. The van der Waals surface area contributed by atoms with Crippen molar-refractivity contribution >= 4 is 29.1 Å². The third-order valence-electron chi connectivity index (χ3n) is 4.52. The van der Waals surface area contributed by atoms with Crippen molar-refractivity contribution in [3.8, 4) is 0 Å². The van der Waals surface area contributed by atoms with E-state index in [2.05, 4.69) is 49.8 Å². The first kappa shape index (κ1) is 18.6. The summed E-state index contributed by atoms with van der Waals surface area (Å²) >= 11 is 5.39. The van der Waals surface area contributed by atoms with Gasteiger partial charge >= 0.3 is 0 Å². The van der Waals surface area contributed by atoms with Crippen LogP contribution in [0.25, 0.3) is 0 Å². The van der Waals surface area contributed by atoms with E-state index in [0.29, 0.717) is 11.1 Å². The van der Waals surface area contributed by atoms with Crippen LogP contribution >= 0.6 is 12.2 Å². The van der Waals surface area contributed by atoms with Crippen molar-refractivity contribution in [2.45, 2.75) is 39.0 Å². The van der Waals surface area contributed by atoms with Crippen molar-refractivity contribution in [1.82, 2.24) is 15.3 Å². The number of benzene rings is 1. The molecule has 0 unspecified atom stereocenters. The molecule has 138 valence electrons. The van der Waals surface area contributed by atoms with Gasteiger partial charge in [0.1, 0.15) is 5.82 Å². The predicted molar refractivity (Wildman–Crippen MR) is 112 cm³/mol. The summed E-state index contributed by atoms with van der Waals surface area (Å²) in [6, 6.07) is 12.5. The molecule has 2 N–H and O–H groups in total. The number of hydrogen-bond acceptors (Lipinski definition) is 4. The van der Waals surface area contributed by atoms with Gasteiger partial charge in [0.05, 0.1) is 0 Å². The lowest BCUT2D eigenvalue weighted by Gasteiger charge is -2.28. The van der Waals surface area contributed by atoms with Crippen molar-refractivity contribution in [2.75, 3.05) is 29.9 Å². The fraction of sp³-hybridized carbons (Fsp3) is 0.450. The molecule has 2 heterocycles. The molecule has 1 fully saturated rings. The van der Waals surface area contributed by atoms with E-state index in [1.54, 1.807) is 0 Å². The van der Waals surface area contributed by atoms with Gasteiger partial charge in [0.2, 0.25) is 5.95 Å². The molecule has 0 radical (unpaired) electrons. The molecule has 0 amide bonds. The fourth-order valence-electron chi connectivity index (χ4n) is 3.18. The van der Waals surface area contributed by atoms with E-state index >= 15 is 0 Å². The second kappa shape index (κ2) is 9.48. The molecule has 0 spiro atoms. The lowest BCUT2D eigenvalue weighted by Crippen LogP contribution is -2.32. The number of hydrogen-bond donors (Lipinski definition) is 2. The Hall–Kier alpha value is -2.21. The minimum absolute atomic E-state index is 0.575. The first-order chi connectivity index (χ1) is 12.7. The second-order valence-corrected chi connectivity index (χ2v) is 7.12. The molecule has 1 aromatic carbocycles. The van der Waals surface area contributed by atoms with E-state index in [1.807, 2.05) is 19.1 Å². The molecule has 1 aliphatic heterocycles. The Morgan fingerprint density at radius 1 is 1.12 bits per heavy atom. The zero-order valence-electron chi connectivity index (χ0n) is 15.4. The van der Waals surface area contributed by atoms with E-state index in [1.165, 1.54) is 24.8 Å². The first-order valence-corrected chi connectivity index (χ1v) is 9.81. The molecule has 6 heteroatoms. The van der Waals surface area contributed by atoms with Crippen LogP contribution in [0.2, 0.25) is 0 Å². The van der Waals surface area contributed by atoms with Crippen LogP contribution in [-0.2, 0) is 6.42 Å². The zero-order chi connectivity index (χ0) is 18.2. The highest BCUT2D eigenvalue weighted by Gasteiger charge is 2.14. The predicted octanol–water partition coefficient (Wildman–Crippen LogP) is 3.69. The van der Waals surface area contributed by atoms with Crippen molar-refractivity contribution < 1.29 is 0 Å². The van der Waals surface area contributed by atoms with Crippen LogP contribution in [-0.4, -0.2) is 34.7 Å². The molecular weight excluding hydrogens is 342 g/mol. The van der Waals surface area contributed by atoms with Gasteiger partial charge in [-0.2, -0.15) is 4.98 Å². The van der Waals surface area contributed by atoms with Crippen LogP contribution in [0.15, 0.2) is 36.4 Å². The summed E-state index contributed by atoms with van der Waals surface area (Å²) in [6.45, 7) is 4.96. The van der Waals surface area contributed by atoms with Crippen LogP contribution < -0.4 is 15.5 Å². The fourth-order valence-corrected chi connectivity index (χ4v) is 3.37. The number of aromatic nitrogens is 2. The normalized spacial score (nSPS) is 14.1. The smallest absolute Gasteiger partial charge is 0.231 e. The summed E-state index contributed by atoms with van der Waals surface area (Å²) in [4.78, 5) is 11.5. The van der Waals surface area contributed by atoms with E-state index in [4.69, 9.17) is 12.2 Å². The molecule has 1 aromatic heterocycles. The molecule has 0 aliphatic carbocycles. The second-order valence-electron chi connectivity index (χ2n) is 6.71. The Labute approximate surface area is 161 Å². The highest BCUT2D eigenvalue weighted by molar-refractivity contribution is 7.80. The summed E-state index contributed by atoms with van der Waals surface area (Å²) in [5.41, 5.74) is 2.30. The van der Waals surface area contributed by atoms with Crippen LogP contribution in [0.1, 0.15) is 36.9 Å². The molecule has 5 nitrogen and oxygen atoms in total. The quantitative estimate of drug-likeness (QED) is 0.598. The maximum atomic E-state index is 5.39. The number of piperidine rings is 1. The number of thiocarbonyl (C=S) groups is 1. The van der Waals surface area contributed by atoms with E-state index in [-0.39, 0.29) is 0 Å². The maximum absolute atomic E-state index is 5.39. The van der Waals surface area contributed by atoms with E-state index < -0.39 is 0 Å². The van der Waals surface area contributed by atoms with Gasteiger partial charge in [-0.15, -0.1) is 0 Å². The van der Waals surface area contributed by atoms with Gasteiger partial charge in [-0.25, -0.2) is 4.98 Å². The summed E-state index contributed by atoms with van der Waals surface area (Å²) in [6.07, 6.45) is 5.83. The van der Waals surface area contributed by atoms with Gasteiger partial charge in [-0.3, -0.25) is 0 Å². The van der Waals surface area contributed by atoms with Crippen molar-refractivity contribution in [2.24, 2.45) is 0 Å². The van der Waals surface area contributed by atoms with Crippen LogP contribution in [0.5, 0.6) is 0 Å². The molecule has 2 aromatic rings. The SMILES string of the molecule is Cc1cc(N2CCCCC2)nc(NC(=S)NCCCc2ccccc2)n1. The minimum atomic E-state index is 0.575. The molecule has 1 saturated heterocycles. The van der Waals surface area contributed by atoms with Crippen LogP contribution in [0.4, 0.5) is 11.8 Å².